The maximum absolute atomic E-state index is 13.7. The van der Waals surface area contributed by atoms with Crippen molar-refractivity contribution in [2.75, 3.05) is 6.54 Å². The molecule has 6 heteroatoms. The highest BCUT2D eigenvalue weighted by Crippen LogP contribution is 2.40. The van der Waals surface area contributed by atoms with Gasteiger partial charge in [0, 0.05) is 11.6 Å². The van der Waals surface area contributed by atoms with E-state index >= 15 is 0 Å². The molecule has 0 fully saturated rings. The Morgan fingerprint density at radius 1 is 1.00 bits per heavy atom. The van der Waals surface area contributed by atoms with E-state index in [1.54, 1.807) is 17.0 Å². The second-order valence-electron chi connectivity index (χ2n) is 8.51. The molecule has 5 rings (SSSR count). The minimum atomic E-state index is -0.561. The minimum absolute atomic E-state index is 0.106. The van der Waals surface area contributed by atoms with Crippen molar-refractivity contribution in [3.8, 4) is 11.5 Å². The van der Waals surface area contributed by atoms with E-state index in [9.17, 15) is 9.59 Å². The second-order valence-corrected chi connectivity index (χ2v) is 8.92. The zero-order chi connectivity index (χ0) is 23.8. The number of para-hydroxylation sites is 1. The summed E-state index contributed by atoms with van der Waals surface area (Å²) in [6.45, 7) is 4.43. The molecule has 0 saturated heterocycles. The Hall–Kier alpha value is -3.57. The Bertz CT molecular complexity index is 1440. The van der Waals surface area contributed by atoms with Crippen LogP contribution in [0.4, 0.5) is 0 Å². The van der Waals surface area contributed by atoms with Crippen LogP contribution in [0.25, 0.3) is 11.0 Å². The van der Waals surface area contributed by atoms with Gasteiger partial charge in [0.25, 0.3) is 5.91 Å². The van der Waals surface area contributed by atoms with E-state index in [1.165, 1.54) is 0 Å². The van der Waals surface area contributed by atoms with Crippen LogP contribution in [0.15, 0.2) is 75.9 Å². The normalized spacial score (nSPS) is 15.1. The van der Waals surface area contributed by atoms with Gasteiger partial charge in [-0.3, -0.25) is 9.59 Å². The molecule has 2 heterocycles. The third kappa shape index (κ3) is 3.86. The summed E-state index contributed by atoms with van der Waals surface area (Å²) in [5.41, 5.74) is 2.07. The number of ether oxygens (including phenoxy) is 1. The summed E-state index contributed by atoms with van der Waals surface area (Å²) < 4.78 is 12.1. The van der Waals surface area contributed by atoms with E-state index in [2.05, 4.69) is 6.92 Å². The molecule has 1 aromatic heterocycles. The highest BCUT2D eigenvalue weighted by Gasteiger charge is 2.42. The van der Waals surface area contributed by atoms with Gasteiger partial charge in [-0.1, -0.05) is 55.3 Å². The number of nitrogens with zero attached hydrogens (tertiary/aromatic N) is 1. The van der Waals surface area contributed by atoms with Gasteiger partial charge in [-0.05, 0) is 60.9 Å². The third-order valence-corrected chi connectivity index (χ3v) is 6.56. The standard InChI is InChI=1S/C28H24ClNO4/c1-3-4-13-30-25(18-9-8-12-20(15-18)33-19-10-6-5-7-11-19)24-26(31)21-16-22(29)17(2)14-23(21)34-27(24)28(30)32/h5-12,14-16,25H,3-4,13H2,1-2H3. The molecule has 0 N–H and O–H groups in total. The molecular weight excluding hydrogens is 450 g/mol. The molecule has 0 radical (unpaired) electrons. The van der Waals surface area contributed by atoms with Crippen LogP contribution in [0.5, 0.6) is 11.5 Å². The summed E-state index contributed by atoms with van der Waals surface area (Å²) in [5, 5.41) is 0.864. The van der Waals surface area contributed by atoms with Gasteiger partial charge < -0.3 is 14.1 Å². The van der Waals surface area contributed by atoms with E-state index in [0.29, 0.717) is 39.6 Å². The van der Waals surface area contributed by atoms with Gasteiger partial charge >= 0.3 is 0 Å². The first kappa shape index (κ1) is 22.2. The fourth-order valence-corrected chi connectivity index (χ4v) is 4.58. The number of rotatable bonds is 6. The quantitative estimate of drug-likeness (QED) is 0.306. The van der Waals surface area contributed by atoms with Gasteiger partial charge in [0.15, 0.2) is 5.43 Å². The molecule has 3 aromatic carbocycles. The molecule has 0 bridgehead atoms. The van der Waals surface area contributed by atoms with Crippen molar-refractivity contribution in [2.24, 2.45) is 0 Å². The molecule has 1 unspecified atom stereocenters. The topological polar surface area (TPSA) is 59.8 Å². The SMILES string of the molecule is CCCCN1C(=O)c2oc3cc(C)c(Cl)cc3c(=O)c2C1c1cccc(Oc2ccccc2)c1. The number of unbranched alkanes of at least 4 members (excludes halogenated alkanes) is 1. The van der Waals surface area contributed by atoms with Crippen molar-refractivity contribution in [3.05, 3.63) is 104 Å². The molecule has 0 aliphatic carbocycles. The molecule has 1 atom stereocenters. The van der Waals surface area contributed by atoms with Crippen molar-refractivity contribution >= 4 is 28.5 Å². The number of carbonyl (C=O) groups is 1. The Kier molecular flexibility index (Phi) is 5.88. The number of amides is 1. The van der Waals surface area contributed by atoms with Gasteiger partial charge in [-0.2, -0.15) is 0 Å². The van der Waals surface area contributed by atoms with Crippen molar-refractivity contribution in [1.29, 1.82) is 0 Å². The van der Waals surface area contributed by atoms with E-state index in [4.69, 9.17) is 20.8 Å². The first-order valence-corrected chi connectivity index (χ1v) is 11.8. The summed E-state index contributed by atoms with van der Waals surface area (Å²) in [7, 11) is 0. The highest BCUT2D eigenvalue weighted by atomic mass is 35.5. The van der Waals surface area contributed by atoms with Gasteiger partial charge in [-0.25, -0.2) is 0 Å². The highest BCUT2D eigenvalue weighted by molar-refractivity contribution is 6.32. The molecule has 5 nitrogen and oxygen atoms in total. The largest absolute Gasteiger partial charge is 0.457 e. The molecule has 172 valence electrons. The van der Waals surface area contributed by atoms with Crippen LogP contribution < -0.4 is 10.2 Å². The van der Waals surface area contributed by atoms with Gasteiger partial charge in [0.1, 0.15) is 17.1 Å². The van der Waals surface area contributed by atoms with Crippen molar-refractivity contribution in [3.63, 3.8) is 0 Å². The fraction of sp³-hybridized carbons (Fsp3) is 0.214. The monoisotopic (exact) mass is 473 g/mol. The smallest absolute Gasteiger partial charge is 0.290 e. The van der Waals surface area contributed by atoms with Gasteiger partial charge in [-0.15, -0.1) is 0 Å². The maximum Gasteiger partial charge on any atom is 0.290 e. The van der Waals surface area contributed by atoms with Crippen molar-refractivity contribution in [1.82, 2.24) is 4.90 Å². The van der Waals surface area contributed by atoms with Crippen molar-refractivity contribution in [2.45, 2.75) is 32.7 Å². The molecule has 34 heavy (non-hydrogen) atoms. The van der Waals surface area contributed by atoms with E-state index in [1.807, 2.05) is 61.5 Å². The molecule has 1 aliphatic heterocycles. The summed E-state index contributed by atoms with van der Waals surface area (Å²) in [4.78, 5) is 28.9. The zero-order valence-corrected chi connectivity index (χ0v) is 19.8. The van der Waals surface area contributed by atoms with Crippen molar-refractivity contribution < 1.29 is 13.9 Å². The number of aryl methyl sites for hydroxylation is 1. The van der Waals surface area contributed by atoms with Gasteiger partial charge in [0.05, 0.1) is 17.0 Å². The van der Waals surface area contributed by atoms with E-state index < -0.39 is 6.04 Å². The predicted molar refractivity (Wildman–Crippen MR) is 133 cm³/mol. The number of carbonyl (C=O) groups excluding carboxylic acids is 1. The van der Waals surface area contributed by atoms with Crippen LogP contribution in [0.2, 0.25) is 5.02 Å². The lowest BCUT2D eigenvalue weighted by atomic mass is 9.98. The number of benzene rings is 3. The number of hydrogen-bond acceptors (Lipinski definition) is 4. The van der Waals surface area contributed by atoms with Crippen LogP contribution >= 0.6 is 11.6 Å². The number of halogens is 1. The molecular formula is C28H24ClNO4. The average molecular weight is 474 g/mol. The molecule has 1 amide bonds. The molecule has 1 aliphatic rings. The van der Waals surface area contributed by atoms with E-state index in [-0.39, 0.29) is 17.1 Å². The summed E-state index contributed by atoms with van der Waals surface area (Å²) in [6, 6.07) is 19.8. The fourth-order valence-electron chi connectivity index (χ4n) is 4.42. The summed E-state index contributed by atoms with van der Waals surface area (Å²) >= 11 is 6.31. The van der Waals surface area contributed by atoms with Crippen LogP contribution in [0.3, 0.4) is 0 Å². The zero-order valence-electron chi connectivity index (χ0n) is 19.0. The molecule has 4 aromatic rings. The van der Waals surface area contributed by atoms with Gasteiger partial charge in [0.2, 0.25) is 5.76 Å². The van der Waals surface area contributed by atoms with Crippen LogP contribution in [-0.2, 0) is 0 Å². The maximum atomic E-state index is 13.7. The minimum Gasteiger partial charge on any atom is -0.457 e. The van der Waals surface area contributed by atoms with Crippen LogP contribution in [0, 0.1) is 6.92 Å². The lowest BCUT2D eigenvalue weighted by molar-refractivity contribution is 0.0725. The second kappa shape index (κ2) is 8.99. The van der Waals surface area contributed by atoms with Crippen LogP contribution in [-0.4, -0.2) is 17.4 Å². The third-order valence-electron chi connectivity index (χ3n) is 6.15. The Morgan fingerprint density at radius 2 is 1.76 bits per heavy atom. The predicted octanol–water partition coefficient (Wildman–Crippen LogP) is 6.89. The molecule has 0 saturated carbocycles. The first-order valence-electron chi connectivity index (χ1n) is 11.4. The Morgan fingerprint density at radius 3 is 2.53 bits per heavy atom. The van der Waals surface area contributed by atoms with E-state index in [0.717, 1.165) is 24.0 Å². The summed E-state index contributed by atoms with van der Waals surface area (Å²) in [5.74, 6) is 1.17. The lowest BCUT2D eigenvalue weighted by Crippen LogP contribution is -2.30. The molecule has 0 spiro atoms. The van der Waals surface area contributed by atoms with Crippen LogP contribution in [0.1, 0.15) is 53.1 Å². The average Bonchev–Trinajstić information content (AvgIpc) is 3.11. The lowest BCUT2D eigenvalue weighted by Gasteiger charge is -2.25. The first-order chi connectivity index (χ1) is 16.5. The Labute approximate surface area is 202 Å². The number of fused-ring (bicyclic) bond motifs is 2. The Balaban J connectivity index is 1.66. The number of hydrogen-bond donors (Lipinski definition) is 0. The summed E-state index contributed by atoms with van der Waals surface area (Å²) in [6.07, 6.45) is 1.73.